The van der Waals surface area contributed by atoms with Gasteiger partial charge in [0.05, 0.1) is 11.1 Å². The Morgan fingerprint density at radius 3 is 2.86 bits per heavy atom. The Labute approximate surface area is 168 Å². The van der Waals surface area contributed by atoms with Gasteiger partial charge in [-0.05, 0) is 50.7 Å². The molecule has 4 rings (SSSR count). The molecule has 2 heterocycles. The molecule has 0 saturated carbocycles. The van der Waals surface area contributed by atoms with Crippen molar-refractivity contribution >= 4 is 28.6 Å². The number of para-hydroxylation sites is 1. The summed E-state index contributed by atoms with van der Waals surface area (Å²) in [6.07, 6.45) is 1.67. The molecule has 2 aromatic heterocycles. The van der Waals surface area contributed by atoms with E-state index in [1.54, 1.807) is 19.9 Å². The summed E-state index contributed by atoms with van der Waals surface area (Å²) in [7, 11) is 0. The highest BCUT2D eigenvalue weighted by atomic mass is 16.5. The van der Waals surface area contributed by atoms with E-state index in [9.17, 15) is 9.59 Å². The van der Waals surface area contributed by atoms with E-state index in [-0.39, 0.29) is 5.82 Å². The van der Waals surface area contributed by atoms with Crippen LogP contribution in [-0.4, -0.2) is 28.1 Å². The summed E-state index contributed by atoms with van der Waals surface area (Å²) in [6.45, 7) is 5.44. The molecule has 1 N–H and O–H groups in total. The van der Waals surface area contributed by atoms with E-state index >= 15 is 0 Å². The summed E-state index contributed by atoms with van der Waals surface area (Å²) < 4.78 is 10.5. The maximum atomic E-state index is 13.1. The van der Waals surface area contributed by atoms with Crippen LogP contribution in [0.25, 0.3) is 10.9 Å². The third-order valence-corrected chi connectivity index (χ3v) is 5.24. The smallest absolute Gasteiger partial charge is 0.339 e. The highest BCUT2D eigenvalue weighted by Crippen LogP contribution is 2.32. The molecule has 0 saturated heterocycles. The van der Waals surface area contributed by atoms with Gasteiger partial charge in [0.2, 0.25) is 0 Å². The summed E-state index contributed by atoms with van der Waals surface area (Å²) in [4.78, 5) is 30.3. The SMILES string of the molecule is Cc1cc(NC(=O)[C@H](C)OC(=O)c2c3c(nc4ccccc24)CC[C@@H](C)C3)no1. The monoisotopic (exact) mass is 393 g/mol. The Bertz CT molecular complexity index is 1090. The first kappa shape index (κ1) is 19.1. The topological polar surface area (TPSA) is 94.3 Å². The third kappa shape index (κ3) is 3.85. The summed E-state index contributed by atoms with van der Waals surface area (Å²) >= 11 is 0. The molecule has 7 heteroatoms. The number of nitrogens with zero attached hydrogens (tertiary/aromatic N) is 2. The van der Waals surface area contributed by atoms with Crippen molar-refractivity contribution in [3.63, 3.8) is 0 Å². The fraction of sp³-hybridized carbons (Fsp3) is 0.364. The van der Waals surface area contributed by atoms with Crippen molar-refractivity contribution in [3.8, 4) is 0 Å². The lowest BCUT2D eigenvalue weighted by Crippen LogP contribution is -2.31. The van der Waals surface area contributed by atoms with Gasteiger partial charge < -0.3 is 14.6 Å². The Balaban J connectivity index is 1.62. The molecule has 1 aromatic carbocycles. The Hall–Kier alpha value is -3.22. The predicted octanol–water partition coefficient (Wildman–Crippen LogP) is 3.84. The highest BCUT2D eigenvalue weighted by Gasteiger charge is 2.28. The first-order valence-corrected chi connectivity index (χ1v) is 9.78. The van der Waals surface area contributed by atoms with Crippen molar-refractivity contribution < 1.29 is 18.8 Å². The lowest BCUT2D eigenvalue weighted by Gasteiger charge is -2.24. The molecule has 0 unspecified atom stereocenters. The molecule has 0 bridgehead atoms. The van der Waals surface area contributed by atoms with Crippen LogP contribution in [0.5, 0.6) is 0 Å². The van der Waals surface area contributed by atoms with Gasteiger partial charge in [-0.2, -0.15) is 0 Å². The van der Waals surface area contributed by atoms with Crippen LogP contribution in [0.2, 0.25) is 0 Å². The number of rotatable bonds is 4. The number of anilines is 1. The average molecular weight is 393 g/mol. The highest BCUT2D eigenvalue weighted by molar-refractivity contribution is 6.06. The first-order chi connectivity index (χ1) is 13.9. The number of hydrogen-bond donors (Lipinski definition) is 1. The minimum Gasteiger partial charge on any atom is -0.449 e. The summed E-state index contributed by atoms with van der Waals surface area (Å²) in [5, 5.41) is 7.07. The van der Waals surface area contributed by atoms with E-state index in [0.717, 1.165) is 41.4 Å². The number of hydrogen-bond acceptors (Lipinski definition) is 6. The Kier molecular flexibility index (Phi) is 5.05. The van der Waals surface area contributed by atoms with Crippen molar-refractivity contribution in [2.24, 2.45) is 5.92 Å². The number of amides is 1. The van der Waals surface area contributed by atoms with Gasteiger partial charge in [-0.3, -0.25) is 9.78 Å². The lowest BCUT2D eigenvalue weighted by molar-refractivity contribution is -0.123. The van der Waals surface area contributed by atoms with Crippen molar-refractivity contribution in [1.29, 1.82) is 0 Å². The van der Waals surface area contributed by atoms with Gasteiger partial charge >= 0.3 is 5.97 Å². The molecule has 29 heavy (non-hydrogen) atoms. The second kappa shape index (κ2) is 7.66. The van der Waals surface area contributed by atoms with E-state index < -0.39 is 18.0 Å². The van der Waals surface area contributed by atoms with Crippen molar-refractivity contribution in [2.75, 3.05) is 5.32 Å². The van der Waals surface area contributed by atoms with Crippen LogP contribution < -0.4 is 5.32 Å². The standard InChI is InChI=1S/C22H23N3O4/c1-12-8-9-18-16(10-12)20(15-6-4-5-7-17(15)23-18)22(27)28-14(3)21(26)24-19-11-13(2)29-25-19/h4-7,11-12,14H,8-10H2,1-3H3,(H,24,25,26)/t12-,14+/m1/s1. The Morgan fingerprint density at radius 2 is 2.10 bits per heavy atom. The molecular weight excluding hydrogens is 370 g/mol. The number of aromatic nitrogens is 2. The van der Waals surface area contributed by atoms with Gasteiger partial charge in [0, 0.05) is 17.1 Å². The van der Waals surface area contributed by atoms with Crippen molar-refractivity contribution in [3.05, 3.63) is 52.9 Å². The zero-order valence-corrected chi connectivity index (χ0v) is 16.7. The van der Waals surface area contributed by atoms with Gasteiger partial charge in [-0.15, -0.1) is 0 Å². The molecular formula is C22H23N3O4. The zero-order chi connectivity index (χ0) is 20.5. The molecule has 150 valence electrons. The normalized spacial score (nSPS) is 16.9. The second-order valence-electron chi connectivity index (χ2n) is 7.64. The largest absolute Gasteiger partial charge is 0.449 e. The van der Waals surface area contributed by atoms with E-state index in [0.29, 0.717) is 17.2 Å². The predicted molar refractivity (Wildman–Crippen MR) is 108 cm³/mol. The lowest BCUT2D eigenvalue weighted by atomic mass is 9.84. The second-order valence-corrected chi connectivity index (χ2v) is 7.64. The quantitative estimate of drug-likeness (QED) is 0.677. The Morgan fingerprint density at radius 1 is 1.31 bits per heavy atom. The van der Waals surface area contributed by atoms with Crippen LogP contribution in [0.3, 0.4) is 0 Å². The molecule has 0 spiro atoms. The number of carbonyl (C=O) groups is 2. The maximum Gasteiger partial charge on any atom is 0.339 e. The van der Waals surface area contributed by atoms with E-state index in [1.165, 1.54) is 0 Å². The molecule has 1 aliphatic rings. The van der Waals surface area contributed by atoms with Crippen LogP contribution in [0.4, 0.5) is 5.82 Å². The van der Waals surface area contributed by atoms with Gasteiger partial charge in [0.15, 0.2) is 11.9 Å². The molecule has 7 nitrogen and oxygen atoms in total. The summed E-state index contributed by atoms with van der Waals surface area (Å²) in [5.74, 6) is 0.359. The number of benzene rings is 1. The number of nitrogens with one attached hydrogen (secondary N) is 1. The molecule has 0 radical (unpaired) electrons. The number of carbonyl (C=O) groups excluding carboxylic acids is 2. The summed E-state index contributed by atoms with van der Waals surface area (Å²) in [6, 6.07) is 9.15. The number of aryl methyl sites for hydroxylation is 2. The maximum absolute atomic E-state index is 13.1. The summed E-state index contributed by atoms with van der Waals surface area (Å²) in [5.41, 5.74) is 3.17. The van der Waals surface area contributed by atoms with Gasteiger partial charge in [-0.1, -0.05) is 30.3 Å². The first-order valence-electron chi connectivity index (χ1n) is 9.78. The minimum absolute atomic E-state index is 0.288. The number of pyridine rings is 1. The molecule has 0 aliphatic heterocycles. The molecule has 1 aliphatic carbocycles. The molecule has 2 atom stereocenters. The van der Waals surface area contributed by atoms with E-state index in [2.05, 4.69) is 17.4 Å². The zero-order valence-electron chi connectivity index (χ0n) is 16.7. The van der Waals surface area contributed by atoms with E-state index in [1.807, 2.05) is 24.3 Å². The molecule has 1 amide bonds. The van der Waals surface area contributed by atoms with Gasteiger partial charge in [0.25, 0.3) is 5.91 Å². The van der Waals surface area contributed by atoms with Crippen LogP contribution in [0.1, 0.15) is 47.6 Å². The third-order valence-electron chi connectivity index (χ3n) is 5.24. The van der Waals surface area contributed by atoms with Crippen molar-refractivity contribution in [1.82, 2.24) is 10.1 Å². The van der Waals surface area contributed by atoms with E-state index in [4.69, 9.17) is 14.2 Å². The molecule has 3 aromatic rings. The average Bonchev–Trinajstić information content (AvgIpc) is 3.10. The van der Waals surface area contributed by atoms with Gasteiger partial charge in [0.1, 0.15) is 5.76 Å². The fourth-order valence-corrected chi connectivity index (χ4v) is 3.72. The molecule has 0 fully saturated rings. The number of fused-ring (bicyclic) bond motifs is 2. The van der Waals surface area contributed by atoms with Crippen LogP contribution in [0.15, 0.2) is 34.9 Å². The van der Waals surface area contributed by atoms with Crippen LogP contribution >= 0.6 is 0 Å². The van der Waals surface area contributed by atoms with Crippen molar-refractivity contribution in [2.45, 2.75) is 46.1 Å². The number of ether oxygens (including phenoxy) is 1. The van der Waals surface area contributed by atoms with Crippen LogP contribution in [-0.2, 0) is 22.4 Å². The minimum atomic E-state index is -0.983. The fourth-order valence-electron chi connectivity index (χ4n) is 3.72. The number of esters is 1. The van der Waals surface area contributed by atoms with Gasteiger partial charge in [-0.25, -0.2) is 4.79 Å². The van der Waals surface area contributed by atoms with Crippen LogP contribution in [0, 0.1) is 12.8 Å².